The van der Waals surface area contributed by atoms with Gasteiger partial charge in [0, 0.05) is 41.5 Å². The summed E-state index contributed by atoms with van der Waals surface area (Å²) in [7, 11) is 0. The topological polar surface area (TPSA) is 271 Å². The number of ether oxygens (including phenoxy) is 12. The number of hydrogen-bond acceptors (Lipinski definition) is 21. The van der Waals surface area contributed by atoms with Gasteiger partial charge in [-0.25, -0.2) is 0 Å². The van der Waals surface area contributed by atoms with Crippen LogP contribution in [-0.2, 0) is 92.2 Å². The summed E-state index contributed by atoms with van der Waals surface area (Å²) in [5.41, 5.74) is 0.653. The average Bonchev–Trinajstić information content (AvgIpc) is 3.50. The van der Waals surface area contributed by atoms with Gasteiger partial charge in [0.1, 0.15) is 24.4 Å². The molecule has 0 aromatic heterocycles. The van der Waals surface area contributed by atoms with Crippen LogP contribution in [0.3, 0.4) is 0 Å². The Morgan fingerprint density at radius 2 is 0.940 bits per heavy atom. The molecule has 22 nitrogen and oxygen atoms in total. The van der Waals surface area contributed by atoms with E-state index in [-0.39, 0.29) is 17.7 Å². The van der Waals surface area contributed by atoms with E-state index < -0.39 is 146 Å². The summed E-state index contributed by atoms with van der Waals surface area (Å²) in [4.78, 5) is 104. The van der Waals surface area contributed by atoms with Gasteiger partial charge >= 0.3 is 35.8 Å². The maximum atomic E-state index is 14.3. The first-order valence-electron chi connectivity index (χ1n) is 21.3. The second-order valence-electron chi connectivity index (χ2n) is 16.1. The standard InChI is InChI=1S/C45H53NO21/c1-20-34(60-22(3)47)37(62-24(5)49)39(64-26(7)51)44(58-20)57-19-31-33(53)36(67-45-40(65-27(8)52)38(63-25(6)50)35(21(2)59-45)61-23(4)48)32(43(66-31)56-18-28-14-10-9-11-15-28)46-41(54)29-16-12-13-17-30(29)42(46)55/h9-17,20-21,31-40,43-45,53H,18-19H2,1-8H3/t20-,21-,31+,32+,33+,34+,35+,36+,37+,38+,39-,40-,43+,44+,45-/m0/s1. The van der Waals surface area contributed by atoms with Crippen LogP contribution in [0.15, 0.2) is 54.6 Å². The number of aliphatic hydroxyl groups excluding tert-OH is 1. The fourth-order valence-electron chi connectivity index (χ4n) is 8.37. The van der Waals surface area contributed by atoms with Gasteiger partial charge < -0.3 is 61.9 Å². The van der Waals surface area contributed by atoms with Crippen molar-refractivity contribution < 1.29 is 100 Å². The van der Waals surface area contributed by atoms with E-state index in [1.54, 1.807) is 42.5 Å². The molecule has 0 aliphatic carbocycles. The molecule has 2 aromatic rings. The van der Waals surface area contributed by atoms with Crippen LogP contribution < -0.4 is 0 Å². The molecule has 22 heteroatoms. The van der Waals surface area contributed by atoms with Gasteiger partial charge in [-0.15, -0.1) is 0 Å². The highest BCUT2D eigenvalue weighted by molar-refractivity contribution is 6.21. The molecule has 15 atom stereocenters. The van der Waals surface area contributed by atoms with Crippen molar-refractivity contribution in [3.63, 3.8) is 0 Å². The third-order valence-corrected chi connectivity index (χ3v) is 11.0. The molecule has 3 fully saturated rings. The van der Waals surface area contributed by atoms with Crippen molar-refractivity contribution in [2.45, 2.75) is 154 Å². The Balaban J connectivity index is 1.43. The summed E-state index contributed by atoms with van der Waals surface area (Å²) < 4.78 is 70.8. The quantitative estimate of drug-likeness (QED) is 0.150. The van der Waals surface area contributed by atoms with Crippen LogP contribution in [0.2, 0.25) is 0 Å². The molecule has 2 amide bonds. The number of nitrogens with zero attached hydrogens (tertiary/aromatic N) is 1. The van der Waals surface area contributed by atoms with Crippen LogP contribution >= 0.6 is 0 Å². The number of rotatable bonds is 15. The smallest absolute Gasteiger partial charge is 0.303 e. The number of carbonyl (C=O) groups is 8. The first-order valence-corrected chi connectivity index (χ1v) is 21.3. The first kappa shape index (κ1) is 50.5. The molecule has 0 saturated carbocycles. The second kappa shape index (κ2) is 21.8. The van der Waals surface area contributed by atoms with Gasteiger partial charge in [-0.3, -0.25) is 43.3 Å². The van der Waals surface area contributed by atoms with Crippen molar-refractivity contribution in [1.82, 2.24) is 4.90 Å². The Labute approximate surface area is 384 Å². The van der Waals surface area contributed by atoms with E-state index in [9.17, 15) is 43.5 Å². The molecular weight excluding hydrogens is 890 g/mol. The summed E-state index contributed by atoms with van der Waals surface area (Å²) in [6.45, 7) is 8.58. The lowest BCUT2D eigenvalue weighted by molar-refractivity contribution is -0.354. The minimum atomic E-state index is -1.94. The lowest BCUT2D eigenvalue weighted by Gasteiger charge is -2.50. The zero-order valence-electron chi connectivity index (χ0n) is 37.8. The van der Waals surface area contributed by atoms with E-state index in [1.807, 2.05) is 0 Å². The molecular formula is C45H53NO21. The third-order valence-electron chi connectivity index (χ3n) is 11.0. The van der Waals surface area contributed by atoms with Crippen LogP contribution in [0.5, 0.6) is 0 Å². The lowest BCUT2D eigenvalue weighted by atomic mass is 9.94. The summed E-state index contributed by atoms with van der Waals surface area (Å²) in [6, 6.07) is 13.0. The number of benzene rings is 2. The molecule has 3 saturated heterocycles. The van der Waals surface area contributed by atoms with Crippen LogP contribution in [-0.4, -0.2) is 156 Å². The summed E-state index contributed by atoms with van der Waals surface area (Å²) in [6.07, 6.45) is -21.4. The van der Waals surface area contributed by atoms with Gasteiger partial charge in [0.2, 0.25) is 0 Å². The van der Waals surface area contributed by atoms with Crippen molar-refractivity contribution in [3.8, 4) is 0 Å². The largest absolute Gasteiger partial charge is 0.456 e. The van der Waals surface area contributed by atoms with E-state index in [0.29, 0.717) is 5.56 Å². The number of aliphatic hydroxyl groups is 1. The average molecular weight is 944 g/mol. The first-order chi connectivity index (χ1) is 31.7. The highest BCUT2D eigenvalue weighted by atomic mass is 16.8. The fourth-order valence-corrected chi connectivity index (χ4v) is 8.37. The SMILES string of the molecule is CC(=O)O[C@H]1[C@H](OC(C)=O)[C@H](OC[C@H]2O[C@@H](OCc3ccccc3)[C@H](N3C(=O)c4ccccc4C3=O)[C@@H](O[C@@H]3O[C@@H](C)[C@@H](OC(C)=O)[C@@H](OC(C)=O)[C@@H]3OC(C)=O)[C@@H]2O)O[C@@H](C)[C@H]1OC(C)=O. The number of carbonyl (C=O) groups excluding carboxylic acids is 8. The Morgan fingerprint density at radius 3 is 1.42 bits per heavy atom. The number of fused-ring (bicyclic) bond motifs is 1. The summed E-state index contributed by atoms with van der Waals surface area (Å²) in [5.74, 6) is -6.64. The summed E-state index contributed by atoms with van der Waals surface area (Å²) >= 11 is 0. The van der Waals surface area contributed by atoms with Crippen LogP contribution in [0.4, 0.5) is 0 Å². The molecule has 0 radical (unpaired) electrons. The molecule has 4 aliphatic rings. The molecule has 364 valence electrons. The van der Waals surface area contributed by atoms with Gasteiger partial charge in [-0.05, 0) is 31.5 Å². The highest BCUT2D eigenvalue weighted by Crippen LogP contribution is 2.39. The number of imide groups is 1. The van der Waals surface area contributed by atoms with Crippen molar-refractivity contribution in [2.75, 3.05) is 6.61 Å². The Hall–Kier alpha value is -5.88. The molecule has 0 spiro atoms. The van der Waals surface area contributed by atoms with Crippen LogP contribution in [0.1, 0.15) is 81.7 Å². The molecule has 67 heavy (non-hydrogen) atoms. The number of hydrogen-bond donors (Lipinski definition) is 1. The van der Waals surface area contributed by atoms with E-state index >= 15 is 0 Å². The van der Waals surface area contributed by atoms with Crippen LogP contribution in [0.25, 0.3) is 0 Å². The fraction of sp³-hybridized carbons (Fsp3) is 0.556. The molecule has 6 rings (SSSR count). The zero-order chi connectivity index (χ0) is 48.9. The predicted molar refractivity (Wildman–Crippen MR) is 219 cm³/mol. The van der Waals surface area contributed by atoms with E-state index in [1.165, 1.54) is 26.0 Å². The van der Waals surface area contributed by atoms with Crippen molar-refractivity contribution in [3.05, 3.63) is 71.3 Å². The number of esters is 6. The lowest BCUT2D eigenvalue weighted by Crippen LogP contribution is -2.69. The van der Waals surface area contributed by atoms with Gasteiger partial charge in [-0.1, -0.05) is 42.5 Å². The van der Waals surface area contributed by atoms with Crippen molar-refractivity contribution in [1.29, 1.82) is 0 Å². The zero-order valence-corrected chi connectivity index (χ0v) is 37.8. The monoisotopic (exact) mass is 943 g/mol. The molecule has 4 aliphatic heterocycles. The highest BCUT2D eigenvalue weighted by Gasteiger charge is 2.59. The predicted octanol–water partition coefficient (Wildman–Crippen LogP) is 1.44. The Morgan fingerprint density at radius 1 is 0.522 bits per heavy atom. The van der Waals surface area contributed by atoms with Crippen molar-refractivity contribution in [2.24, 2.45) is 0 Å². The third kappa shape index (κ3) is 11.8. The maximum absolute atomic E-state index is 14.3. The van der Waals surface area contributed by atoms with Gasteiger partial charge in [-0.2, -0.15) is 0 Å². The number of amides is 2. The molecule has 4 heterocycles. The second-order valence-corrected chi connectivity index (χ2v) is 16.1. The minimum Gasteiger partial charge on any atom is -0.456 e. The summed E-state index contributed by atoms with van der Waals surface area (Å²) in [5, 5.41) is 12.5. The minimum absolute atomic E-state index is 0.0157. The molecule has 2 aromatic carbocycles. The van der Waals surface area contributed by atoms with E-state index in [4.69, 9.17) is 56.8 Å². The molecule has 0 unspecified atom stereocenters. The van der Waals surface area contributed by atoms with E-state index in [0.717, 1.165) is 46.4 Å². The Kier molecular flexibility index (Phi) is 16.5. The van der Waals surface area contributed by atoms with Gasteiger partial charge in [0.25, 0.3) is 11.8 Å². The molecule has 0 bridgehead atoms. The normalized spacial score (nSPS) is 32.6. The van der Waals surface area contributed by atoms with Crippen molar-refractivity contribution >= 4 is 47.6 Å². The Bertz CT molecular complexity index is 2130. The molecule has 1 N–H and O–H groups in total. The van der Waals surface area contributed by atoms with Gasteiger partial charge in [0.15, 0.2) is 55.5 Å². The maximum Gasteiger partial charge on any atom is 0.303 e. The van der Waals surface area contributed by atoms with Crippen LogP contribution in [0, 0.1) is 0 Å². The van der Waals surface area contributed by atoms with Gasteiger partial charge in [0.05, 0.1) is 36.5 Å². The van der Waals surface area contributed by atoms with E-state index in [2.05, 4.69) is 0 Å².